The van der Waals surface area contributed by atoms with Crippen LogP contribution < -0.4 is 10.1 Å². The van der Waals surface area contributed by atoms with Gasteiger partial charge < -0.3 is 10.1 Å². The molecule has 0 amide bonds. The molecule has 0 unspecified atom stereocenters. The Bertz CT molecular complexity index is 592. The highest BCUT2D eigenvalue weighted by Gasteiger charge is 2.20. The maximum absolute atomic E-state index is 5.94. The molecule has 1 heterocycles. The Labute approximate surface area is 128 Å². The number of halogens is 1. The van der Waals surface area contributed by atoms with E-state index in [9.17, 15) is 0 Å². The fourth-order valence-corrected chi connectivity index (χ4v) is 3.16. The summed E-state index contributed by atoms with van der Waals surface area (Å²) in [6.45, 7) is 3.62. The highest BCUT2D eigenvalue weighted by atomic mass is 35.5. The normalized spacial score (nSPS) is 14.5. The molecular formula is C16H18ClNOS. The van der Waals surface area contributed by atoms with Crippen molar-refractivity contribution in [2.24, 2.45) is 0 Å². The van der Waals surface area contributed by atoms with E-state index in [4.69, 9.17) is 16.3 Å². The fourth-order valence-electron chi connectivity index (χ4n) is 2.05. The van der Waals surface area contributed by atoms with Gasteiger partial charge in [-0.1, -0.05) is 11.6 Å². The number of benzene rings is 1. The van der Waals surface area contributed by atoms with E-state index < -0.39 is 0 Å². The van der Waals surface area contributed by atoms with Crippen molar-refractivity contribution < 1.29 is 4.74 Å². The molecule has 0 atom stereocenters. The van der Waals surface area contributed by atoms with Crippen LogP contribution in [0.1, 0.15) is 28.2 Å². The molecule has 1 aliphatic carbocycles. The lowest BCUT2D eigenvalue weighted by Crippen LogP contribution is -2.14. The van der Waals surface area contributed by atoms with Gasteiger partial charge in [-0.3, -0.25) is 0 Å². The average Bonchev–Trinajstić information content (AvgIpc) is 3.14. The highest BCUT2D eigenvalue weighted by molar-refractivity contribution is 7.11. The second kappa shape index (κ2) is 6.17. The van der Waals surface area contributed by atoms with Crippen LogP contribution in [0.3, 0.4) is 0 Å². The molecule has 0 aliphatic heterocycles. The van der Waals surface area contributed by atoms with E-state index in [1.165, 1.54) is 22.6 Å². The Morgan fingerprint density at radius 2 is 2.05 bits per heavy atom. The van der Waals surface area contributed by atoms with Gasteiger partial charge in [-0.2, -0.15) is 0 Å². The Balaban J connectivity index is 1.54. The first-order valence-corrected chi connectivity index (χ1v) is 8.10. The van der Waals surface area contributed by atoms with E-state index in [-0.39, 0.29) is 0 Å². The maximum atomic E-state index is 5.94. The van der Waals surface area contributed by atoms with Crippen molar-refractivity contribution >= 4 is 22.9 Å². The molecule has 1 fully saturated rings. The quantitative estimate of drug-likeness (QED) is 0.846. The van der Waals surface area contributed by atoms with E-state index in [2.05, 4.69) is 17.4 Å². The van der Waals surface area contributed by atoms with Crippen LogP contribution in [-0.2, 0) is 13.2 Å². The molecule has 1 aliphatic rings. The summed E-state index contributed by atoms with van der Waals surface area (Å²) in [5, 5.41) is 4.28. The molecule has 4 heteroatoms. The molecule has 2 nitrogen and oxygen atoms in total. The van der Waals surface area contributed by atoms with Crippen molar-refractivity contribution in [3.63, 3.8) is 0 Å². The van der Waals surface area contributed by atoms with Crippen LogP contribution in [0.25, 0.3) is 0 Å². The predicted octanol–water partition coefficient (Wildman–Crippen LogP) is 4.54. The molecule has 0 bridgehead atoms. The molecular weight excluding hydrogens is 290 g/mol. The Kier molecular flexibility index (Phi) is 4.29. The van der Waals surface area contributed by atoms with Crippen molar-refractivity contribution in [2.75, 3.05) is 0 Å². The minimum atomic E-state index is 0.622. The van der Waals surface area contributed by atoms with Gasteiger partial charge in [-0.25, -0.2) is 0 Å². The molecule has 0 spiro atoms. The van der Waals surface area contributed by atoms with Crippen LogP contribution in [0, 0.1) is 6.92 Å². The van der Waals surface area contributed by atoms with E-state index >= 15 is 0 Å². The zero-order chi connectivity index (χ0) is 13.9. The summed E-state index contributed by atoms with van der Waals surface area (Å²) in [7, 11) is 0. The monoisotopic (exact) mass is 307 g/mol. The number of rotatable bonds is 6. The zero-order valence-corrected chi connectivity index (χ0v) is 13.1. The van der Waals surface area contributed by atoms with Gasteiger partial charge in [0.15, 0.2) is 0 Å². The minimum Gasteiger partial charge on any atom is -0.488 e. The van der Waals surface area contributed by atoms with Gasteiger partial charge in [0.05, 0.1) is 0 Å². The van der Waals surface area contributed by atoms with Crippen LogP contribution >= 0.6 is 22.9 Å². The van der Waals surface area contributed by atoms with Crippen molar-refractivity contribution in [1.82, 2.24) is 5.32 Å². The SMILES string of the molecule is Cc1cc(Cl)ccc1OCc1ccc(CNC2CC2)s1. The van der Waals surface area contributed by atoms with Gasteiger partial charge in [-0.15, -0.1) is 11.3 Å². The average molecular weight is 308 g/mol. The van der Waals surface area contributed by atoms with Gasteiger partial charge in [0, 0.05) is 27.4 Å². The minimum absolute atomic E-state index is 0.622. The summed E-state index contributed by atoms with van der Waals surface area (Å²) >= 11 is 7.76. The van der Waals surface area contributed by atoms with Crippen molar-refractivity contribution in [3.8, 4) is 5.75 Å². The second-order valence-corrected chi connectivity index (χ2v) is 6.91. The van der Waals surface area contributed by atoms with Crippen LogP contribution in [0.5, 0.6) is 5.75 Å². The summed E-state index contributed by atoms with van der Waals surface area (Å²) in [5.74, 6) is 0.903. The summed E-state index contributed by atoms with van der Waals surface area (Å²) in [4.78, 5) is 2.63. The molecule has 0 radical (unpaired) electrons. The molecule has 106 valence electrons. The summed E-state index contributed by atoms with van der Waals surface area (Å²) in [6, 6.07) is 10.8. The summed E-state index contributed by atoms with van der Waals surface area (Å²) < 4.78 is 5.86. The molecule has 1 aromatic heterocycles. The standard InChI is InChI=1S/C16H18ClNOS/c1-11-8-12(17)2-7-16(11)19-10-15-6-5-14(20-15)9-18-13-3-4-13/h2,5-8,13,18H,3-4,9-10H2,1H3. The lowest BCUT2D eigenvalue weighted by Gasteiger charge is -2.08. The Morgan fingerprint density at radius 3 is 2.80 bits per heavy atom. The molecule has 0 saturated heterocycles. The van der Waals surface area contributed by atoms with Gasteiger partial charge in [0.2, 0.25) is 0 Å². The lowest BCUT2D eigenvalue weighted by molar-refractivity contribution is 0.307. The molecule has 20 heavy (non-hydrogen) atoms. The van der Waals surface area contributed by atoms with E-state index in [1.807, 2.05) is 36.5 Å². The summed E-state index contributed by atoms with van der Waals surface area (Å²) in [6.07, 6.45) is 2.66. The van der Waals surface area contributed by atoms with Crippen molar-refractivity contribution in [2.45, 2.75) is 39.0 Å². The number of thiophene rings is 1. The largest absolute Gasteiger partial charge is 0.488 e. The van der Waals surface area contributed by atoms with Crippen LogP contribution in [0.4, 0.5) is 0 Å². The summed E-state index contributed by atoms with van der Waals surface area (Å²) in [5.41, 5.74) is 1.07. The highest BCUT2D eigenvalue weighted by Crippen LogP contribution is 2.25. The number of nitrogens with one attached hydrogen (secondary N) is 1. The lowest BCUT2D eigenvalue weighted by atomic mass is 10.2. The number of hydrogen-bond acceptors (Lipinski definition) is 3. The Morgan fingerprint density at radius 1 is 1.25 bits per heavy atom. The number of hydrogen-bond donors (Lipinski definition) is 1. The Hall–Kier alpha value is -1.03. The molecule has 1 aromatic carbocycles. The zero-order valence-electron chi connectivity index (χ0n) is 11.5. The first kappa shape index (κ1) is 13.9. The van der Waals surface area contributed by atoms with Crippen LogP contribution in [-0.4, -0.2) is 6.04 Å². The topological polar surface area (TPSA) is 21.3 Å². The fraction of sp³-hybridized carbons (Fsp3) is 0.375. The predicted molar refractivity (Wildman–Crippen MR) is 84.7 cm³/mol. The third-order valence-corrected chi connectivity index (χ3v) is 4.66. The second-order valence-electron chi connectivity index (χ2n) is 5.22. The molecule has 2 aromatic rings. The van der Waals surface area contributed by atoms with Gasteiger partial charge >= 0.3 is 0 Å². The first-order valence-electron chi connectivity index (χ1n) is 6.90. The van der Waals surface area contributed by atoms with Crippen molar-refractivity contribution in [1.29, 1.82) is 0 Å². The third kappa shape index (κ3) is 3.75. The number of ether oxygens (including phenoxy) is 1. The van der Waals surface area contributed by atoms with Gasteiger partial charge in [0.1, 0.15) is 12.4 Å². The van der Waals surface area contributed by atoms with E-state index in [0.717, 1.165) is 28.9 Å². The maximum Gasteiger partial charge on any atom is 0.122 e. The first-order chi connectivity index (χ1) is 9.70. The van der Waals surface area contributed by atoms with E-state index in [1.54, 1.807) is 0 Å². The third-order valence-electron chi connectivity index (χ3n) is 3.37. The van der Waals surface area contributed by atoms with Crippen molar-refractivity contribution in [3.05, 3.63) is 50.7 Å². The van der Waals surface area contributed by atoms with Crippen LogP contribution in [0.15, 0.2) is 30.3 Å². The smallest absolute Gasteiger partial charge is 0.122 e. The molecule has 1 N–H and O–H groups in total. The van der Waals surface area contributed by atoms with Gasteiger partial charge in [0.25, 0.3) is 0 Å². The molecule has 3 rings (SSSR count). The molecule has 1 saturated carbocycles. The van der Waals surface area contributed by atoms with Crippen LogP contribution in [0.2, 0.25) is 5.02 Å². The number of aryl methyl sites for hydroxylation is 1. The van der Waals surface area contributed by atoms with Gasteiger partial charge in [-0.05, 0) is 55.7 Å². The van der Waals surface area contributed by atoms with E-state index in [0.29, 0.717) is 6.61 Å².